The van der Waals surface area contributed by atoms with Gasteiger partial charge in [0.15, 0.2) is 11.5 Å². The number of ether oxygens (including phenoxy) is 1. The molecule has 11 nitrogen and oxygen atoms in total. The number of rotatable bonds is 5. The van der Waals surface area contributed by atoms with Crippen LogP contribution in [0.25, 0.3) is 16.7 Å². The Morgan fingerprint density at radius 1 is 1.09 bits per heavy atom. The normalized spacial score (nSPS) is 17.9. The van der Waals surface area contributed by atoms with Crippen LogP contribution < -0.4 is 15.0 Å². The van der Waals surface area contributed by atoms with Crippen molar-refractivity contribution >= 4 is 45.7 Å². The molecule has 1 saturated heterocycles. The van der Waals surface area contributed by atoms with Crippen LogP contribution in [0.15, 0.2) is 55.4 Å². The van der Waals surface area contributed by atoms with Gasteiger partial charge in [-0.2, -0.15) is 5.10 Å². The lowest BCUT2D eigenvalue weighted by Gasteiger charge is -2.16. The monoisotopic (exact) mass is 489 g/mol. The Morgan fingerprint density at radius 2 is 2.00 bits per heavy atom. The van der Waals surface area contributed by atoms with Gasteiger partial charge in [-0.25, -0.2) is 29.4 Å². The first-order chi connectivity index (χ1) is 17.0. The van der Waals surface area contributed by atoms with E-state index in [1.807, 2.05) is 17.9 Å². The van der Waals surface area contributed by atoms with Crippen LogP contribution in [0, 0.1) is 5.92 Å². The van der Waals surface area contributed by atoms with Gasteiger partial charge < -0.3 is 20.1 Å². The molecule has 0 amide bonds. The van der Waals surface area contributed by atoms with Gasteiger partial charge in [-0.15, -0.1) is 0 Å². The van der Waals surface area contributed by atoms with Crippen LogP contribution in [0.5, 0.6) is 11.5 Å². The molecule has 1 fully saturated rings. The summed E-state index contributed by atoms with van der Waals surface area (Å²) in [4.78, 5) is 23.9. The third-order valence-electron chi connectivity index (χ3n) is 5.89. The lowest BCUT2D eigenvalue weighted by Crippen LogP contribution is -2.23. The second kappa shape index (κ2) is 8.60. The molecule has 176 valence electrons. The maximum atomic E-state index is 10.1. The minimum Gasteiger partial charge on any atom is -0.456 e. The third-order valence-corrected chi connectivity index (χ3v) is 6.19. The number of hydrogen-bond donors (Lipinski definition) is 2. The topological polar surface area (TPSA) is 126 Å². The maximum absolute atomic E-state index is 10.1. The molecule has 1 aliphatic heterocycles. The van der Waals surface area contributed by atoms with Crippen molar-refractivity contribution in [2.45, 2.75) is 13.0 Å². The van der Waals surface area contributed by atoms with Crippen molar-refractivity contribution < 1.29 is 9.84 Å². The van der Waals surface area contributed by atoms with Crippen molar-refractivity contribution in [2.24, 2.45) is 5.92 Å². The van der Waals surface area contributed by atoms with Crippen molar-refractivity contribution in [1.29, 1.82) is 0 Å². The van der Waals surface area contributed by atoms with E-state index < -0.39 is 6.10 Å². The Labute approximate surface area is 204 Å². The fourth-order valence-electron chi connectivity index (χ4n) is 3.99. The number of anilines is 3. The highest BCUT2D eigenvalue weighted by molar-refractivity contribution is 6.32. The van der Waals surface area contributed by atoms with Gasteiger partial charge in [0.2, 0.25) is 5.95 Å². The highest BCUT2D eigenvalue weighted by Crippen LogP contribution is 2.33. The number of pyridine rings is 1. The van der Waals surface area contributed by atoms with Crippen LogP contribution in [0.2, 0.25) is 5.02 Å². The number of hydrogen-bond acceptors (Lipinski definition) is 10. The number of halogens is 1. The Kier molecular flexibility index (Phi) is 5.27. The lowest BCUT2D eigenvalue weighted by molar-refractivity contribution is 0.157. The Bertz CT molecular complexity index is 1530. The van der Waals surface area contributed by atoms with Crippen LogP contribution in [-0.4, -0.2) is 58.8 Å². The van der Waals surface area contributed by atoms with Crippen molar-refractivity contribution in [3.63, 3.8) is 0 Å². The molecule has 0 unspecified atom stereocenters. The molecule has 0 saturated carbocycles. The minimum absolute atomic E-state index is 0.153. The maximum Gasteiger partial charge on any atom is 0.226 e. The van der Waals surface area contributed by atoms with E-state index in [2.05, 4.69) is 35.3 Å². The first-order valence-electron chi connectivity index (χ1n) is 11.0. The molecule has 0 spiro atoms. The average Bonchev–Trinajstić information content (AvgIpc) is 3.46. The molecular formula is C23H20ClN9O2. The van der Waals surface area contributed by atoms with E-state index in [1.165, 1.54) is 12.7 Å². The van der Waals surface area contributed by atoms with Crippen LogP contribution in [0.4, 0.5) is 17.5 Å². The van der Waals surface area contributed by atoms with E-state index in [1.54, 1.807) is 41.2 Å². The van der Waals surface area contributed by atoms with Crippen molar-refractivity contribution in [3.05, 3.63) is 60.4 Å². The summed E-state index contributed by atoms with van der Waals surface area (Å²) in [7, 11) is 0. The van der Waals surface area contributed by atoms with E-state index in [0.29, 0.717) is 63.7 Å². The predicted molar refractivity (Wildman–Crippen MR) is 130 cm³/mol. The Hall–Kier alpha value is -4.09. The number of β-amino-alcohol motifs (C(OH)–C–C–N with tert-alkyl or cyclic N) is 1. The van der Waals surface area contributed by atoms with Crippen LogP contribution in [0.3, 0.4) is 0 Å². The first-order valence-corrected chi connectivity index (χ1v) is 11.4. The zero-order valence-electron chi connectivity index (χ0n) is 18.6. The summed E-state index contributed by atoms with van der Waals surface area (Å²) in [6, 6.07) is 8.93. The lowest BCUT2D eigenvalue weighted by atomic mass is 10.1. The van der Waals surface area contributed by atoms with Crippen LogP contribution in [-0.2, 0) is 0 Å². The Balaban J connectivity index is 1.25. The van der Waals surface area contributed by atoms with Crippen LogP contribution >= 0.6 is 11.6 Å². The Morgan fingerprint density at radius 3 is 2.83 bits per heavy atom. The van der Waals surface area contributed by atoms with Gasteiger partial charge in [-0.05, 0) is 24.3 Å². The molecule has 0 aliphatic carbocycles. The zero-order chi connectivity index (χ0) is 23.9. The summed E-state index contributed by atoms with van der Waals surface area (Å²) in [5.41, 5.74) is 2.56. The largest absolute Gasteiger partial charge is 0.456 e. The summed E-state index contributed by atoms with van der Waals surface area (Å²) < 4.78 is 7.59. The fourth-order valence-corrected chi connectivity index (χ4v) is 4.21. The second-order valence-corrected chi connectivity index (χ2v) is 8.78. The summed E-state index contributed by atoms with van der Waals surface area (Å²) in [5.74, 6) is 2.30. The van der Waals surface area contributed by atoms with E-state index in [9.17, 15) is 5.11 Å². The molecular weight excluding hydrogens is 470 g/mol. The van der Waals surface area contributed by atoms with Gasteiger partial charge in [-0.1, -0.05) is 18.5 Å². The SMILES string of the molecule is C[C@H]1CN(c2ncc3ncnc(Nc4ccc(Oc5ccn6ncnc6c5)c(Cl)c4)c3n2)C[C@@H]1O. The number of aliphatic hydroxyl groups excluding tert-OH is 1. The van der Waals surface area contributed by atoms with Crippen molar-refractivity contribution in [3.8, 4) is 11.5 Å². The number of aromatic nitrogens is 7. The molecule has 4 aromatic heterocycles. The fraction of sp³-hybridized carbons (Fsp3) is 0.217. The van der Waals surface area contributed by atoms with Crippen molar-refractivity contribution in [2.75, 3.05) is 23.3 Å². The molecule has 1 aromatic carbocycles. The molecule has 2 N–H and O–H groups in total. The van der Waals surface area contributed by atoms with E-state index >= 15 is 0 Å². The van der Waals surface area contributed by atoms with Gasteiger partial charge >= 0.3 is 0 Å². The molecule has 35 heavy (non-hydrogen) atoms. The smallest absolute Gasteiger partial charge is 0.226 e. The molecule has 5 heterocycles. The molecule has 0 bridgehead atoms. The van der Waals surface area contributed by atoms with E-state index in [4.69, 9.17) is 16.3 Å². The number of nitrogens with zero attached hydrogens (tertiary/aromatic N) is 8. The number of benzene rings is 1. The molecule has 0 radical (unpaired) electrons. The summed E-state index contributed by atoms with van der Waals surface area (Å²) in [5, 5.41) is 17.9. The standard InChI is InChI=1S/C23H20ClN9O2/c1-13-9-32(10-18(13)34)23-25-8-17-21(31-23)22(28-11-26-17)30-14-2-3-19(16(24)6-14)35-15-4-5-33-20(7-15)27-12-29-33/h2-8,11-13,18,34H,9-10H2,1H3,(H,26,28,30)/t13-,18-/m0/s1. The van der Waals surface area contributed by atoms with Gasteiger partial charge in [0.25, 0.3) is 0 Å². The minimum atomic E-state index is -0.403. The zero-order valence-corrected chi connectivity index (χ0v) is 19.3. The van der Waals surface area contributed by atoms with Gasteiger partial charge in [-0.3, -0.25) is 0 Å². The van der Waals surface area contributed by atoms with Gasteiger partial charge in [0.05, 0.1) is 17.3 Å². The molecule has 6 rings (SSSR count). The highest BCUT2D eigenvalue weighted by Gasteiger charge is 2.29. The number of aliphatic hydroxyl groups is 1. The number of nitrogens with one attached hydrogen (secondary N) is 1. The van der Waals surface area contributed by atoms with Crippen molar-refractivity contribution in [1.82, 2.24) is 34.5 Å². The third kappa shape index (κ3) is 4.15. The summed E-state index contributed by atoms with van der Waals surface area (Å²) >= 11 is 6.51. The summed E-state index contributed by atoms with van der Waals surface area (Å²) in [6.07, 6.45) is 5.96. The molecule has 1 aliphatic rings. The predicted octanol–water partition coefficient (Wildman–Crippen LogP) is 3.47. The van der Waals surface area contributed by atoms with Gasteiger partial charge in [0, 0.05) is 37.0 Å². The number of fused-ring (bicyclic) bond motifs is 2. The van der Waals surface area contributed by atoms with Gasteiger partial charge in [0.1, 0.15) is 35.2 Å². The van der Waals surface area contributed by atoms with E-state index in [-0.39, 0.29) is 5.92 Å². The van der Waals surface area contributed by atoms with Crippen LogP contribution in [0.1, 0.15) is 6.92 Å². The van der Waals surface area contributed by atoms with E-state index in [0.717, 1.165) is 0 Å². The quantitative estimate of drug-likeness (QED) is 0.379. The summed E-state index contributed by atoms with van der Waals surface area (Å²) in [6.45, 7) is 3.18. The first kappa shape index (κ1) is 21.4. The molecule has 5 aromatic rings. The second-order valence-electron chi connectivity index (χ2n) is 8.37. The average molecular weight is 490 g/mol. The molecule has 12 heteroatoms. The highest BCUT2D eigenvalue weighted by atomic mass is 35.5. The molecule has 2 atom stereocenters.